The zero-order valence-electron chi connectivity index (χ0n) is 17.5. The van der Waals surface area contributed by atoms with Gasteiger partial charge in [0.25, 0.3) is 0 Å². The smallest absolute Gasteiger partial charge is 0.324 e. The van der Waals surface area contributed by atoms with E-state index in [1.807, 2.05) is 48.3 Å². The number of hydrogen-bond acceptors (Lipinski definition) is 4. The molecule has 2 amide bonds. The monoisotopic (exact) mass is 405 g/mol. The Balaban J connectivity index is 1.47. The first-order valence-corrected chi connectivity index (χ1v) is 10.4. The van der Waals surface area contributed by atoms with Crippen LogP contribution in [0.3, 0.4) is 0 Å². The topological polar surface area (TPSA) is 84.5 Å². The normalized spacial score (nSPS) is 25.7. The van der Waals surface area contributed by atoms with Crippen molar-refractivity contribution in [3.63, 3.8) is 0 Å². The number of para-hydroxylation sites is 2. The summed E-state index contributed by atoms with van der Waals surface area (Å²) in [4.78, 5) is 25.0. The quantitative estimate of drug-likeness (QED) is 0.611. The highest BCUT2D eigenvalue weighted by Crippen LogP contribution is 2.47. The summed E-state index contributed by atoms with van der Waals surface area (Å²) >= 11 is 0. The number of nitrogens with zero attached hydrogens (tertiary/aromatic N) is 3. The van der Waals surface area contributed by atoms with Crippen molar-refractivity contribution < 1.29 is 9.90 Å². The van der Waals surface area contributed by atoms with Gasteiger partial charge in [0.05, 0.1) is 17.1 Å². The molecule has 1 fully saturated rings. The number of phenols is 1. The third kappa shape index (κ3) is 2.84. The number of amides is 2. The maximum Gasteiger partial charge on any atom is 0.324 e. The van der Waals surface area contributed by atoms with Crippen LogP contribution in [-0.2, 0) is 11.8 Å². The van der Waals surface area contributed by atoms with Crippen molar-refractivity contribution in [2.45, 2.75) is 37.3 Å². The van der Waals surface area contributed by atoms with Gasteiger partial charge in [0.1, 0.15) is 5.75 Å². The van der Waals surface area contributed by atoms with Gasteiger partial charge in [-0.2, -0.15) is 0 Å². The number of aromatic nitrogens is 2. The van der Waals surface area contributed by atoms with Gasteiger partial charge >= 0.3 is 6.03 Å². The molecule has 2 aromatic carbocycles. The number of phenolic OH excluding ortho intramolecular Hbond substituents is 1. The molecule has 1 aliphatic heterocycles. The van der Waals surface area contributed by atoms with Gasteiger partial charge in [0.15, 0.2) is 0 Å². The summed E-state index contributed by atoms with van der Waals surface area (Å²) < 4.78 is 0. The molecule has 156 valence electrons. The maximum absolute atomic E-state index is 13.2. The molecule has 3 atom stereocenters. The zero-order chi connectivity index (χ0) is 21.0. The molecule has 2 bridgehead atoms. The van der Waals surface area contributed by atoms with E-state index in [9.17, 15) is 9.90 Å². The summed E-state index contributed by atoms with van der Waals surface area (Å²) in [5.41, 5.74) is 3.89. The summed E-state index contributed by atoms with van der Waals surface area (Å²) in [7, 11) is 3.99. The van der Waals surface area contributed by atoms with E-state index >= 15 is 0 Å². The van der Waals surface area contributed by atoms with Crippen molar-refractivity contribution in [1.29, 1.82) is 0 Å². The number of aromatic amines is 1. The predicted octanol–water partition coefficient (Wildman–Crippen LogP) is 3.32. The molecule has 7 heteroatoms. The number of likely N-dealkylation sites (tertiary alicyclic amines) is 1. The Labute approximate surface area is 175 Å². The van der Waals surface area contributed by atoms with Crippen molar-refractivity contribution in [2.75, 3.05) is 26.0 Å². The fourth-order valence-corrected chi connectivity index (χ4v) is 5.46. The average molecular weight is 406 g/mol. The number of H-pyrrole nitrogens is 1. The minimum absolute atomic E-state index is 0.0186. The highest BCUT2D eigenvalue weighted by atomic mass is 16.3. The first-order chi connectivity index (χ1) is 14.4. The molecule has 5 rings (SSSR count). The Morgan fingerprint density at radius 2 is 2.13 bits per heavy atom. The van der Waals surface area contributed by atoms with Crippen molar-refractivity contribution in [3.05, 3.63) is 53.6 Å². The Hall–Kier alpha value is -3.06. The lowest BCUT2D eigenvalue weighted by molar-refractivity contribution is 0.0213. The van der Waals surface area contributed by atoms with Crippen LogP contribution in [0, 0.1) is 0 Å². The number of anilines is 1. The van der Waals surface area contributed by atoms with Crippen molar-refractivity contribution >= 4 is 23.0 Å². The number of urea groups is 1. The number of hydrogen-bond donors (Lipinski definition) is 3. The van der Waals surface area contributed by atoms with E-state index < -0.39 is 0 Å². The van der Waals surface area contributed by atoms with Gasteiger partial charge in [-0.15, -0.1) is 0 Å². The molecule has 7 nitrogen and oxygen atoms in total. The third-order valence-corrected chi connectivity index (χ3v) is 7.06. The van der Waals surface area contributed by atoms with Gasteiger partial charge in [-0.25, -0.2) is 9.78 Å². The number of fused-ring (bicyclic) bond motifs is 5. The minimum Gasteiger partial charge on any atom is -0.508 e. The minimum atomic E-state index is -0.233. The highest BCUT2D eigenvalue weighted by Gasteiger charge is 2.52. The molecule has 3 aromatic rings. The Bertz CT molecular complexity index is 1090. The summed E-state index contributed by atoms with van der Waals surface area (Å²) in [6.07, 6.45) is 1.78. The van der Waals surface area contributed by atoms with Gasteiger partial charge < -0.3 is 19.9 Å². The number of carbonyl (C=O) groups excluding carboxylic acids is 1. The van der Waals surface area contributed by atoms with Crippen molar-refractivity contribution in [1.82, 2.24) is 19.8 Å². The number of benzene rings is 2. The molecule has 0 spiro atoms. The molecule has 2 heterocycles. The van der Waals surface area contributed by atoms with E-state index in [1.54, 1.807) is 6.07 Å². The second-order valence-corrected chi connectivity index (χ2v) is 8.85. The van der Waals surface area contributed by atoms with Crippen molar-refractivity contribution in [3.8, 4) is 5.75 Å². The van der Waals surface area contributed by atoms with Gasteiger partial charge in [-0.1, -0.05) is 25.1 Å². The third-order valence-electron chi connectivity index (χ3n) is 7.06. The second-order valence-electron chi connectivity index (χ2n) is 8.85. The summed E-state index contributed by atoms with van der Waals surface area (Å²) in [6.45, 7) is 3.19. The molecular formula is C23H27N5O2. The van der Waals surface area contributed by atoms with Crippen LogP contribution in [0.15, 0.2) is 42.5 Å². The lowest BCUT2D eigenvalue weighted by Gasteiger charge is -2.57. The molecule has 1 unspecified atom stereocenters. The largest absolute Gasteiger partial charge is 0.508 e. The van der Waals surface area contributed by atoms with Crippen molar-refractivity contribution in [2.24, 2.45) is 0 Å². The second kappa shape index (κ2) is 6.74. The summed E-state index contributed by atoms with van der Waals surface area (Å²) in [5, 5.41) is 13.1. The number of rotatable bonds is 2. The van der Waals surface area contributed by atoms with E-state index in [4.69, 9.17) is 0 Å². The molecule has 1 aliphatic carbocycles. The molecule has 2 aliphatic rings. The summed E-state index contributed by atoms with van der Waals surface area (Å²) in [5.74, 6) is 0.728. The Kier molecular flexibility index (Phi) is 4.25. The lowest BCUT2D eigenvalue weighted by atomic mass is 9.61. The van der Waals surface area contributed by atoms with Gasteiger partial charge in [0, 0.05) is 18.5 Å². The highest BCUT2D eigenvalue weighted by molar-refractivity contribution is 5.90. The van der Waals surface area contributed by atoms with Gasteiger partial charge in [-0.3, -0.25) is 5.32 Å². The van der Waals surface area contributed by atoms with Crippen LogP contribution in [0.4, 0.5) is 10.7 Å². The van der Waals surface area contributed by atoms with Gasteiger partial charge in [-0.05, 0) is 61.8 Å². The Morgan fingerprint density at radius 3 is 2.93 bits per heavy atom. The molecule has 0 radical (unpaired) electrons. The molecule has 1 saturated heterocycles. The van der Waals surface area contributed by atoms with E-state index in [0.717, 1.165) is 36.0 Å². The zero-order valence-corrected chi connectivity index (χ0v) is 17.5. The van der Waals surface area contributed by atoms with Crippen LogP contribution in [0.1, 0.15) is 24.5 Å². The average Bonchev–Trinajstić information content (AvgIpc) is 3.13. The fourth-order valence-electron chi connectivity index (χ4n) is 5.46. The number of aromatic hydroxyl groups is 1. The van der Waals surface area contributed by atoms with E-state index in [1.165, 1.54) is 5.56 Å². The number of nitrogens with one attached hydrogen (secondary N) is 2. The fraction of sp³-hybridized carbons (Fsp3) is 0.391. The van der Waals surface area contributed by atoms with Crippen LogP contribution in [0.25, 0.3) is 11.0 Å². The number of likely N-dealkylation sites (N-methyl/N-ethyl adjacent to an activating group) is 2. The van der Waals surface area contributed by atoms with Crippen LogP contribution in [0.2, 0.25) is 0 Å². The van der Waals surface area contributed by atoms with Crippen LogP contribution >= 0.6 is 0 Å². The summed E-state index contributed by atoms with van der Waals surface area (Å²) in [6, 6.07) is 13.4. The predicted molar refractivity (Wildman–Crippen MR) is 117 cm³/mol. The number of piperidine rings is 1. The standard InChI is InChI=1S/C23H27N5O2/c1-23-10-11-27(2)19(12-14-8-9-15(29)13-16(14)23)20(23)28(3)22(30)26-21-24-17-6-4-5-7-18(17)25-21/h4-9,13,19-20,29H,10-12H2,1-3H3,(H2,24,25,26,30)/t19-,20+,23?/m1/s1. The van der Waals surface area contributed by atoms with E-state index in [2.05, 4.69) is 34.2 Å². The SMILES string of the molecule is CN1CCC2(C)c3cc(O)ccc3C[C@@H]1[C@@H]2N(C)C(=O)Nc1nc2ccccc2[nH]1. The first kappa shape index (κ1) is 18.9. The molecule has 30 heavy (non-hydrogen) atoms. The van der Waals surface area contributed by atoms with Gasteiger partial charge in [0.2, 0.25) is 5.95 Å². The van der Waals surface area contributed by atoms with Crippen LogP contribution in [-0.4, -0.2) is 63.6 Å². The van der Waals surface area contributed by atoms with Crippen LogP contribution in [0.5, 0.6) is 5.75 Å². The lowest BCUT2D eigenvalue weighted by Crippen LogP contribution is -2.67. The van der Waals surface area contributed by atoms with Crippen LogP contribution < -0.4 is 5.32 Å². The Morgan fingerprint density at radius 1 is 1.33 bits per heavy atom. The molecule has 1 aromatic heterocycles. The first-order valence-electron chi connectivity index (χ1n) is 10.4. The number of carbonyl (C=O) groups is 1. The maximum atomic E-state index is 13.2. The molecular weight excluding hydrogens is 378 g/mol. The van der Waals surface area contributed by atoms with E-state index in [0.29, 0.717) is 5.95 Å². The molecule has 3 N–H and O–H groups in total. The molecule has 0 saturated carbocycles. The van der Waals surface area contributed by atoms with E-state index in [-0.39, 0.29) is 29.3 Å². The number of imidazole rings is 1.